The number of halogens is 1. The highest BCUT2D eigenvalue weighted by Gasteiger charge is 2.19. The van der Waals surface area contributed by atoms with Gasteiger partial charge in [-0.1, -0.05) is 23.7 Å². The molecule has 0 aliphatic carbocycles. The van der Waals surface area contributed by atoms with Crippen LogP contribution >= 0.6 is 11.6 Å². The Bertz CT molecular complexity index is 631. The molecule has 0 atom stereocenters. The second kappa shape index (κ2) is 6.84. The number of rotatable bonds is 4. The van der Waals surface area contributed by atoms with Crippen LogP contribution in [0.5, 0.6) is 5.75 Å². The van der Waals surface area contributed by atoms with E-state index in [2.05, 4.69) is 0 Å². The third-order valence-electron chi connectivity index (χ3n) is 3.81. The Morgan fingerprint density at radius 2 is 1.64 bits per heavy atom. The third kappa shape index (κ3) is 3.60. The first-order valence-electron chi connectivity index (χ1n) is 7.49. The minimum absolute atomic E-state index is 0.127. The highest BCUT2D eigenvalue weighted by Crippen LogP contribution is 2.18. The van der Waals surface area contributed by atoms with Gasteiger partial charge in [-0.15, -0.1) is 0 Å². The second-order valence-corrected chi connectivity index (χ2v) is 5.88. The molecule has 114 valence electrons. The van der Waals surface area contributed by atoms with Gasteiger partial charge in [0.1, 0.15) is 12.4 Å². The lowest BCUT2D eigenvalue weighted by molar-refractivity contribution is 0.0793. The molecule has 2 aromatic carbocycles. The maximum absolute atomic E-state index is 12.3. The van der Waals surface area contributed by atoms with Crippen LogP contribution in [0.4, 0.5) is 0 Å². The zero-order chi connectivity index (χ0) is 15.4. The lowest BCUT2D eigenvalue weighted by Gasteiger charge is -2.15. The topological polar surface area (TPSA) is 29.5 Å². The summed E-state index contributed by atoms with van der Waals surface area (Å²) < 4.78 is 5.69. The standard InChI is InChI=1S/C18H18ClNO2/c19-16-7-9-17(10-8-16)22-13-14-3-5-15(6-4-14)18(21)20-11-1-2-12-20/h3-10H,1-2,11-13H2. The van der Waals surface area contributed by atoms with Crippen LogP contribution in [0.25, 0.3) is 0 Å². The van der Waals surface area contributed by atoms with E-state index in [1.54, 1.807) is 12.1 Å². The van der Waals surface area contributed by atoms with Gasteiger partial charge >= 0.3 is 0 Å². The van der Waals surface area contributed by atoms with Crippen molar-refractivity contribution in [1.29, 1.82) is 0 Å². The smallest absolute Gasteiger partial charge is 0.253 e. The lowest BCUT2D eigenvalue weighted by atomic mass is 10.1. The molecule has 2 aromatic rings. The van der Waals surface area contributed by atoms with E-state index in [4.69, 9.17) is 16.3 Å². The van der Waals surface area contributed by atoms with Crippen LogP contribution in [-0.4, -0.2) is 23.9 Å². The number of amides is 1. The van der Waals surface area contributed by atoms with Gasteiger partial charge in [-0.2, -0.15) is 0 Å². The van der Waals surface area contributed by atoms with Crippen molar-refractivity contribution in [3.05, 3.63) is 64.7 Å². The summed E-state index contributed by atoms with van der Waals surface area (Å²) in [6, 6.07) is 14.9. The molecule has 1 aliphatic rings. The molecule has 1 amide bonds. The Labute approximate surface area is 135 Å². The summed E-state index contributed by atoms with van der Waals surface area (Å²) >= 11 is 5.84. The summed E-state index contributed by atoms with van der Waals surface area (Å²) in [6.07, 6.45) is 2.22. The first-order chi connectivity index (χ1) is 10.7. The summed E-state index contributed by atoms with van der Waals surface area (Å²) in [6.45, 7) is 2.22. The van der Waals surface area contributed by atoms with Crippen molar-refractivity contribution >= 4 is 17.5 Å². The Morgan fingerprint density at radius 1 is 1.00 bits per heavy atom. The Morgan fingerprint density at radius 3 is 2.27 bits per heavy atom. The fourth-order valence-corrected chi connectivity index (χ4v) is 2.67. The van der Waals surface area contributed by atoms with Gasteiger partial charge < -0.3 is 9.64 Å². The van der Waals surface area contributed by atoms with Crippen molar-refractivity contribution in [2.75, 3.05) is 13.1 Å². The van der Waals surface area contributed by atoms with Crippen LogP contribution in [0.1, 0.15) is 28.8 Å². The predicted octanol–water partition coefficient (Wildman–Crippen LogP) is 4.16. The molecular formula is C18H18ClNO2. The quantitative estimate of drug-likeness (QED) is 0.848. The van der Waals surface area contributed by atoms with E-state index in [1.807, 2.05) is 41.3 Å². The van der Waals surface area contributed by atoms with Gasteiger partial charge in [0.15, 0.2) is 0 Å². The zero-order valence-corrected chi connectivity index (χ0v) is 13.1. The van der Waals surface area contributed by atoms with Crippen LogP contribution in [0, 0.1) is 0 Å². The SMILES string of the molecule is O=C(c1ccc(COc2ccc(Cl)cc2)cc1)N1CCCC1. The van der Waals surface area contributed by atoms with Gasteiger partial charge in [0.05, 0.1) is 0 Å². The molecule has 0 saturated carbocycles. The van der Waals surface area contributed by atoms with Crippen molar-refractivity contribution in [2.45, 2.75) is 19.4 Å². The molecule has 1 aliphatic heterocycles. The number of benzene rings is 2. The molecule has 4 heteroatoms. The molecule has 22 heavy (non-hydrogen) atoms. The van der Waals surface area contributed by atoms with Crippen LogP contribution in [0.2, 0.25) is 5.02 Å². The molecule has 1 heterocycles. The summed E-state index contributed by atoms with van der Waals surface area (Å²) in [5.74, 6) is 0.907. The predicted molar refractivity (Wildman–Crippen MR) is 87.4 cm³/mol. The highest BCUT2D eigenvalue weighted by atomic mass is 35.5. The molecule has 0 spiro atoms. The summed E-state index contributed by atoms with van der Waals surface area (Å²) in [5, 5.41) is 0.692. The largest absolute Gasteiger partial charge is 0.489 e. The third-order valence-corrected chi connectivity index (χ3v) is 4.07. The van der Waals surface area contributed by atoms with E-state index >= 15 is 0 Å². The molecule has 3 rings (SSSR count). The summed E-state index contributed by atoms with van der Waals surface area (Å²) in [7, 11) is 0. The van der Waals surface area contributed by atoms with Crippen molar-refractivity contribution in [3.8, 4) is 5.75 Å². The number of ether oxygens (including phenoxy) is 1. The van der Waals surface area contributed by atoms with E-state index in [0.29, 0.717) is 11.6 Å². The van der Waals surface area contributed by atoms with E-state index in [-0.39, 0.29) is 5.91 Å². The average molecular weight is 316 g/mol. The normalized spacial score (nSPS) is 14.1. The van der Waals surface area contributed by atoms with Crippen molar-refractivity contribution < 1.29 is 9.53 Å². The van der Waals surface area contributed by atoms with Crippen LogP contribution < -0.4 is 4.74 Å². The van der Waals surface area contributed by atoms with Crippen molar-refractivity contribution in [1.82, 2.24) is 4.90 Å². The Hall–Kier alpha value is -2.00. The Balaban J connectivity index is 1.59. The first kappa shape index (κ1) is 14.9. The minimum atomic E-state index is 0.127. The molecule has 3 nitrogen and oxygen atoms in total. The number of carbonyl (C=O) groups is 1. The van der Waals surface area contributed by atoms with Gasteiger partial charge in [0.25, 0.3) is 5.91 Å². The lowest BCUT2D eigenvalue weighted by Crippen LogP contribution is -2.27. The maximum atomic E-state index is 12.3. The van der Waals surface area contributed by atoms with Crippen LogP contribution in [0.3, 0.4) is 0 Å². The van der Waals surface area contributed by atoms with Gasteiger partial charge in [0.2, 0.25) is 0 Å². The number of nitrogens with zero attached hydrogens (tertiary/aromatic N) is 1. The fourth-order valence-electron chi connectivity index (χ4n) is 2.54. The van der Waals surface area contributed by atoms with E-state index in [0.717, 1.165) is 42.8 Å². The van der Waals surface area contributed by atoms with Crippen molar-refractivity contribution in [3.63, 3.8) is 0 Å². The fraction of sp³-hybridized carbons (Fsp3) is 0.278. The average Bonchev–Trinajstić information content (AvgIpc) is 3.09. The number of hydrogen-bond acceptors (Lipinski definition) is 2. The molecule has 1 saturated heterocycles. The van der Waals surface area contributed by atoms with Crippen LogP contribution in [0.15, 0.2) is 48.5 Å². The highest BCUT2D eigenvalue weighted by molar-refractivity contribution is 6.30. The Kier molecular flexibility index (Phi) is 4.64. The van der Waals surface area contributed by atoms with Gasteiger partial charge in [-0.25, -0.2) is 0 Å². The number of carbonyl (C=O) groups excluding carboxylic acids is 1. The van der Waals surface area contributed by atoms with E-state index in [9.17, 15) is 4.79 Å². The molecule has 0 bridgehead atoms. The van der Waals surface area contributed by atoms with Gasteiger partial charge in [0, 0.05) is 23.7 Å². The summed E-state index contributed by atoms with van der Waals surface area (Å²) in [5.41, 5.74) is 1.78. The summed E-state index contributed by atoms with van der Waals surface area (Å²) in [4.78, 5) is 14.2. The monoisotopic (exact) mass is 315 g/mol. The molecule has 0 aromatic heterocycles. The molecule has 0 unspecified atom stereocenters. The van der Waals surface area contributed by atoms with Crippen LogP contribution in [-0.2, 0) is 6.61 Å². The molecule has 0 radical (unpaired) electrons. The maximum Gasteiger partial charge on any atom is 0.253 e. The second-order valence-electron chi connectivity index (χ2n) is 5.44. The zero-order valence-electron chi connectivity index (χ0n) is 12.3. The molecule has 1 fully saturated rings. The van der Waals surface area contributed by atoms with Gasteiger partial charge in [-0.05, 0) is 54.8 Å². The van der Waals surface area contributed by atoms with E-state index < -0.39 is 0 Å². The number of hydrogen-bond donors (Lipinski definition) is 0. The van der Waals surface area contributed by atoms with E-state index in [1.165, 1.54) is 0 Å². The molecule has 0 N–H and O–H groups in total. The minimum Gasteiger partial charge on any atom is -0.489 e. The van der Waals surface area contributed by atoms with Gasteiger partial charge in [-0.3, -0.25) is 4.79 Å². The van der Waals surface area contributed by atoms with Crippen molar-refractivity contribution in [2.24, 2.45) is 0 Å². The number of likely N-dealkylation sites (tertiary alicyclic amines) is 1. The molecular weight excluding hydrogens is 298 g/mol. The first-order valence-corrected chi connectivity index (χ1v) is 7.87.